The zero-order valence-corrected chi connectivity index (χ0v) is 19.2. The van der Waals surface area contributed by atoms with Gasteiger partial charge in [0.2, 0.25) is 0 Å². The molecule has 8 heteroatoms. The molecule has 0 aliphatic heterocycles. The molecule has 0 spiro atoms. The number of rotatable bonds is 9. The SMILES string of the molecule is COc1cc(CCCS(C)=O)c(-c2cc3cc(OC)c(OC)cc3c(=O)[nH]2)cc1OC. The molecule has 1 unspecified atom stereocenters. The van der Waals surface area contributed by atoms with Gasteiger partial charge in [0.05, 0.1) is 33.8 Å². The van der Waals surface area contributed by atoms with Crippen LogP contribution >= 0.6 is 0 Å². The van der Waals surface area contributed by atoms with Crippen LogP contribution in [-0.4, -0.2) is 49.6 Å². The number of ether oxygens (including phenoxy) is 4. The maximum atomic E-state index is 12.9. The quantitative estimate of drug-likeness (QED) is 0.542. The van der Waals surface area contributed by atoms with Crippen molar-refractivity contribution in [1.82, 2.24) is 4.98 Å². The van der Waals surface area contributed by atoms with Crippen LogP contribution in [-0.2, 0) is 17.2 Å². The molecule has 31 heavy (non-hydrogen) atoms. The summed E-state index contributed by atoms with van der Waals surface area (Å²) >= 11 is 0. The van der Waals surface area contributed by atoms with Gasteiger partial charge in [-0.25, -0.2) is 0 Å². The van der Waals surface area contributed by atoms with Crippen molar-refractivity contribution in [3.05, 3.63) is 46.2 Å². The molecule has 3 rings (SSSR count). The summed E-state index contributed by atoms with van der Waals surface area (Å²) in [5.41, 5.74) is 2.22. The van der Waals surface area contributed by atoms with Gasteiger partial charge in [0.15, 0.2) is 23.0 Å². The van der Waals surface area contributed by atoms with Crippen molar-refractivity contribution in [2.24, 2.45) is 0 Å². The van der Waals surface area contributed by atoms with E-state index < -0.39 is 10.8 Å². The van der Waals surface area contributed by atoms with E-state index in [9.17, 15) is 9.00 Å². The van der Waals surface area contributed by atoms with Crippen molar-refractivity contribution in [3.8, 4) is 34.3 Å². The molecule has 7 nitrogen and oxygen atoms in total. The molecule has 1 heterocycles. The second-order valence-corrected chi connectivity index (χ2v) is 8.61. The van der Waals surface area contributed by atoms with E-state index >= 15 is 0 Å². The van der Waals surface area contributed by atoms with Crippen molar-refractivity contribution in [3.63, 3.8) is 0 Å². The van der Waals surface area contributed by atoms with Gasteiger partial charge in [-0.15, -0.1) is 0 Å². The van der Waals surface area contributed by atoms with Crippen molar-refractivity contribution >= 4 is 21.6 Å². The van der Waals surface area contributed by atoms with Gasteiger partial charge in [-0.1, -0.05) is 0 Å². The smallest absolute Gasteiger partial charge is 0.256 e. The number of nitrogens with one attached hydrogen (secondary N) is 1. The fourth-order valence-electron chi connectivity index (χ4n) is 3.58. The Kier molecular flexibility index (Phi) is 7.22. The first-order chi connectivity index (χ1) is 14.9. The van der Waals surface area contributed by atoms with E-state index in [1.54, 1.807) is 39.7 Å². The fraction of sp³-hybridized carbons (Fsp3) is 0.348. The highest BCUT2D eigenvalue weighted by Crippen LogP contribution is 2.37. The van der Waals surface area contributed by atoms with Crippen LogP contribution in [0.4, 0.5) is 0 Å². The molecule has 0 amide bonds. The highest BCUT2D eigenvalue weighted by Gasteiger charge is 2.16. The predicted molar refractivity (Wildman–Crippen MR) is 123 cm³/mol. The maximum absolute atomic E-state index is 12.9. The zero-order chi connectivity index (χ0) is 22.5. The van der Waals surface area contributed by atoms with Crippen molar-refractivity contribution < 1.29 is 23.2 Å². The summed E-state index contributed by atoms with van der Waals surface area (Å²) in [6.45, 7) is 0. The van der Waals surface area contributed by atoms with Crippen molar-refractivity contribution in [1.29, 1.82) is 0 Å². The predicted octanol–water partition coefficient (Wildman–Crippen LogP) is 3.54. The summed E-state index contributed by atoms with van der Waals surface area (Å²) in [7, 11) is 5.37. The minimum absolute atomic E-state index is 0.233. The number of methoxy groups -OCH3 is 4. The van der Waals surface area contributed by atoms with Crippen LogP contribution in [0.15, 0.2) is 35.1 Å². The molecule has 1 atom stereocenters. The highest BCUT2D eigenvalue weighted by molar-refractivity contribution is 7.84. The van der Waals surface area contributed by atoms with Crippen LogP contribution in [0.1, 0.15) is 12.0 Å². The summed E-state index contributed by atoms with van der Waals surface area (Å²) in [5.74, 6) is 2.80. The van der Waals surface area contributed by atoms with Crippen molar-refractivity contribution in [2.45, 2.75) is 12.8 Å². The van der Waals surface area contributed by atoms with E-state index in [1.807, 2.05) is 18.2 Å². The number of pyridine rings is 1. The van der Waals surface area contributed by atoms with Crippen LogP contribution in [0.5, 0.6) is 23.0 Å². The standard InChI is InChI=1S/C23H27NO6S/c1-27-19-10-14(7-6-8-31(5)26)16(12-21(19)29-3)18-9-15-11-20(28-2)22(30-4)13-17(15)23(25)24-18/h9-13H,6-8H2,1-5H3,(H,24,25). The number of aromatic nitrogens is 1. The average molecular weight is 446 g/mol. The minimum atomic E-state index is -0.872. The van der Waals surface area contributed by atoms with Crippen LogP contribution < -0.4 is 24.5 Å². The molecule has 0 aliphatic rings. The minimum Gasteiger partial charge on any atom is -0.493 e. The monoisotopic (exact) mass is 445 g/mol. The number of H-pyrrole nitrogens is 1. The number of aromatic amines is 1. The summed E-state index contributed by atoms with van der Waals surface area (Å²) in [4.78, 5) is 15.9. The lowest BCUT2D eigenvalue weighted by molar-refractivity contribution is 0.354. The topological polar surface area (TPSA) is 86.9 Å². The van der Waals surface area contributed by atoms with Crippen LogP contribution in [0.2, 0.25) is 0 Å². The average Bonchev–Trinajstić information content (AvgIpc) is 2.77. The van der Waals surface area contributed by atoms with E-state index in [1.165, 1.54) is 7.11 Å². The number of benzene rings is 2. The number of hydrogen-bond donors (Lipinski definition) is 1. The Labute approximate surface area is 183 Å². The number of aryl methyl sites for hydroxylation is 1. The third kappa shape index (κ3) is 4.85. The van der Waals surface area contributed by atoms with Gasteiger partial charge < -0.3 is 23.9 Å². The molecule has 0 aliphatic carbocycles. The summed E-state index contributed by atoms with van der Waals surface area (Å²) in [5, 5.41) is 1.23. The van der Waals surface area contributed by atoms with E-state index in [-0.39, 0.29) is 5.56 Å². The Bertz CT molecular complexity index is 1170. The van der Waals surface area contributed by atoms with Gasteiger partial charge in [-0.2, -0.15) is 0 Å². The Morgan fingerprint density at radius 2 is 1.42 bits per heavy atom. The number of fused-ring (bicyclic) bond motifs is 1. The van der Waals surface area contributed by atoms with E-state index in [0.717, 1.165) is 22.9 Å². The van der Waals surface area contributed by atoms with Crippen LogP contribution in [0, 0.1) is 0 Å². The molecule has 1 aromatic heterocycles. The third-order valence-corrected chi connectivity index (χ3v) is 5.99. The molecule has 166 valence electrons. The molecule has 0 bridgehead atoms. The van der Waals surface area contributed by atoms with Crippen molar-refractivity contribution in [2.75, 3.05) is 40.4 Å². The molecule has 0 fully saturated rings. The summed E-state index contributed by atoms with van der Waals surface area (Å²) < 4.78 is 33.2. The van der Waals surface area contributed by atoms with Crippen LogP contribution in [0.25, 0.3) is 22.0 Å². The molecule has 0 saturated heterocycles. The molecule has 0 saturated carbocycles. The normalized spacial score (nSPS) is 11.9. The summed E-state index contributed by atoms with van der Waals surface area (Å²) in [6.07, 6.45) is 3.12. The van der Waals surface area contributed by atoms with Gasteiger partial charge in [0, 0.05) is 34.1 Å². The van der Waals surface area contributed by atoms with Crippen LogP contribution in [0.3, 0.4) is 0 Å². The van der Waals surface area contributed by atoms with Gasteiger partial charge in [0.1, 0.15) is 0 Å². The molecular weight excluding hydrogens is 418 g/mol. The van der Waals surface area contributed by atoms with E-state index in [4.69, 9.17) is 18.9 Å². The first kappa shape index (κ1) is 22.7. The first-order valence-corrected chi connectivity index (χ1v) is 11.5. The summed E-state index contributed by atoms with van der Waals surface area (Å²) in [6, 6.07) is 9.12. The number of hydrogen-bond acceptors (Lipinski definition) is 6. The molecule has 3 aromatic rings. The molecular formula is C23H27NO6S. The maximum Gasteiger partial charge on any atom is 0.256 e. The second-order valence-electron chi connectivity index (χ2n) is 7.05. The Morgan fingerprint density at radius 1 is 0.839 bits per heavy atom. The largest absolute Gasteiger partial charge is 0.493 e. The third-order valence-electron chi connectivity index (χ3n) is 5.13. The lowest BCUT2D eigenvalue weighted by Gasteiger charge is -2.16. The van der Waals surface area contributed by atoms with E-state index in [2.05, 4.69) is 4.98 Å². The Balaban J connectivity index is 2.19. The fourth-order valence-corrected chi connectivity index (χ4v) is 4.13. The van der Waals surface area contributed by atoms with Gasteiger partial charge in [-0.05, 0) is 54.1 Å². The lowest BCUT2D eigenvalue weighted by atomic mass is 9.98. The van der Waals surface area contributed by atoms with Gasteiger partial charge in [-0.3, -0.25) is 9.00 Å². The second kappa shape index (κ2) is 9.87. The van der Waals surface area contributed by atoms with Gasteiger partial charge in [0.25, 0.3) is 5.56 Å². The zero-order valence-electron chi connectivity index (χ0n) is 18.4. The van der Waals surface area contributed by atoms with E-state index in [0.29, 0.717) is 46.3 Å². The highest BCUT2D eigenvalue weighted by atomic mass is 32.2. The molecule has 0 radical (unpaired) electrons. The lowest BCUT2D eigenvalue weighted by Crippen LogP contribution is -2.09. The Hall–Kier alpha value is -3.00. The first-order valence-electron chi connectivity index (χ1n) is 9.76. The van der Waals surface area contributed by atoms with Gasteiger partial charge >= 0.3 is 0 Å². The molecule has 2 aromatic carbocycles. The Morgan fingerprint density at radius 3 is 2.03 bits per heavy atom. The molecule has 1 N–H and O–H groups in total.